The number of aryl methyl sites for hydroxylation is 3. The van der Waals surface area contributed by atoms with Gasteiger partial charge in [-0.25, -0.2) is 0 Å². The number of rotatable bonds is 3. The lowest BCUT2D eigenvalue weighted by atomic mass is 9.33. The van der Waals surface area contributed by atoms with E-state index in [-0.39, 0.29) is 28.4 Å². The fourth-order valence-corrected chi connectivity index (χ4v) is 12.1. The van der Waals surface area contributed by atoms with Crippen LogP contribution in [0.25, 0.3) is 21.9 Å². The number of benzene rings is 6. The van der Waals surface area contributed by atoms with Gasteiger partial charge in [0.05, 0.1) is 0 Å². The number of hydrogen-bond acceptors (Lipinski definition) is 3. The summed E-state index contributed by atoms with van der Waals surface area (Å²) in [5.41, 5.74) is 25.3. The molecule has 0 bridgehead atoms. The smallest absolute Gasteiger partial charge is 0.252 e. The van der Waals surface area contributed by atoms with Crippen LogP contribution in [-0.4, -0.2) is 6.71 Å². The Balaban J connectivity index is 1.26. The van der Waals surface area contributed by atoms with Crippen molar-refractivity contribution in [2.24, 2.45) is 0 Å². The van der Waals surface area contributed by atoms with E-state index < -0.39 is 0 Å². The van der Waals surface area contributed by atoms with Crippen LogP contribution in [-0.2, 0) is 21.7 Å². The monoisotopic (exact) mass is 815 g/mol. The van der Waals surface area contributed by atoms with Gasteiger partial charge in [0.1, 0.15) is 11.2 Å². The first-order valence-corrected chi connectivity index (χ1v) is 23.4. The van der Waals surface area contributed by atoms with E-state index >= 15 is 0 Å². The topological polar surface area (TPSA) is 19.6 Å². The molecule has 3 heterocycles. The Morgan fingerprint density at radius 1 is 0.484 bits per heavy atom. The largest absolute Gasteiger partial charge is 0.456 e. The highest BCUT2D eigenvalue weighted by molar-refractivity contribution is 7.00. The minimum absolute atomic E-state index is 0.0125. The molecule has 4 heteroatoms. The van der Waals surface area contributed by atoms with Crippen molar-refractivity contribution >= 4 is 79.2 Å². The van der Waals surface area contributed by atoms with Crippen LogP contribution in [0.5, 0.6) is 0 Å². The summed E-state index contributed by atoms with van der Waals surface area (Å²) in [6.07, 6.45) is 4.75. The highest BCUT2D eigenvalue weighted by atomic mass is 16.3. The van der Waals surface area contributed by atoms with E-state index in [1.54, 1.807) is 0 Å². The molecule has 0 fully saturated rings. The Kier molecular flexibility index (Phi) is 8.26. The predicted octanol–water partition coefficient (Wildman–Crippen LogP) is 14.4. The Morgan fingerprint density at radius 2 is 0.984 bits per heavy atom. The first kappa shape index (κ1) is 39.6. The molecule has 4 aliphatic rings. The van der Waals surface area contributed by atoms with E-state index in [0.717, 1.165) is 16.6 Å². The summed E-state index contributed by atoms with van der Waals surface area (Å²) in [6.45, 7) is 31.3. The molecule has 2 aliphatic carbocycles. The summed E-state index contributed by atoms with van der Waals surface area (Å²) in [5, 5.41) is 2.33. The van der Waals surface area contributed by atoms with Gasteiger partial charge in [-0.2, -0.15) is 0 Å². The van der Waals surface area contributed by atoms with Crippen molar-refractivity contribution in [3.05, 3.63) is 136 Å². The van der Waals surface area contributed by atoms with E-state index in [1.165, 1.54) is 126 Å². The van der Waals surface area contributed by atoms with Crippen LogP contribution in [0, 0.1) is 20.8 Å². The van der Waals surface area contributed by atoms with Crippen molar-refractivity contribution in [1.29, 1.82) is 0 Å². The maximum absolute atomic E-state index is 6.76. The zero-order valence-corrected chi connectivity index (χ0v) is 39.4. The molecule has 0 saturated carbocycles. The number of furan rings is 1. The van der Waals surface area contributed by atoms with Crippen LogP contribution in [0.4, 0.5) is 34.1 Å². The highest BCUT2D eigenvalue weighted by Crippen LogP contribution is 2.53. The summed E-state index contributed by atoms with van der Waals surface area (Å²) < 4.78 is 6.76. The molecule has 0 amide bonds. The number of nitrogens with zero attached hydrogens (tertiary/aromatic N) is 2. The SMILES string of the molecule is Cc1cc2c3c(c1)N(c1cc4c(cc1C)C(C)(C)CCC4(C)C)c1cc4c(cc1B3c1ccc(C(C)C)cc1N2c1cc2c(cc1C)C(C)(C)CCC2(C)C)oc1ccccc14. The molecule has 0 N–H and O–H groups in total. The summed E-state index contributed by atoms with van der Waals surface area (Å²) in [5.74, 6) is 0.395. The number of anilines is 6. The van der Waals surface area contributed by atoms with E-state index in [2.05, 4.69) is 191 Å². The zero-order valence-electron chi connectivity index (χ0n) is 39.4. The van der Waals surface area contributed by atoms with Gasteiger partial charge >= 0.3 is 0 Å². The van der Waals surface area contributed by atoms with Crippen LogP contribution >= 0.6 is 0 Å². The fourth-order valence-electron chi connectivity index (χ4n) is 12.1. The first-order valence-electron chi connectivity index (χ1n) is 23.4. The standard InChI is InChI=1S/C58H63BN2O/c1-33(2)37-18-19-44-48(28-37)60(46-30-42-40(26-35(46)4)55(6,7)20-22-57(42,10)11)50-24-34(3)25-51-54(50)59(44)45-32-53-39(38-16-14-15-17-52(38)62-53)29-49(45)61(51)47-31-43-41(27-36(47)5)56(8,9)21-23-58(43,12)13/h14-19,24-33H,20-23H2,1-13H3. The van der Waals surface area contributed by atoms with E-state index in [9.17, 15) is 0 Å². The molecule has 1 aromatic heterocycles. The summed E-state index contributed by atoms with van der Waals surface area (Å²) in [4.78, 5) is 5.33. The van der Waals surface area contributed by atoms with Crippen molar-refractivity contribution in [2.75, 3.05) is 9.80 Å². The lowest BCUT2D eigenvalue weighted by Crippen LogP contribution is -2.61. The predicted molar refractivity (Wildman–Crippen MR) is 267 cm³/mol. The number of fused-ring (bicyclic) bond motifs is 9. The van der Waals surface area contributed by atoms with Crippen LogP contribution in [0.2, 0.25) is 0 Å². The van der Waals surface area contributed by atoms with Gasteiger partial charge in [-0.05, 0) is 183 Å². The lowest BCUT2D eigenvalue weighted by molar-refractivity contribution is 0.332. The van der Waals surface area contributed by atoms with Crippen LogP contribution in [0.1, 0.15) is 145 Å². The van der Waals surface area contributed by atoms with Gasteiger partial charge in [-0.3, -0.25) is 0 Å². The van der Waals surface area contributed by atoms with Crippen molar-refractivity contribution in [2.45, 2.75) is 143 Å². The summed E-state index contributed by atoms with van der Waals surface area (Å²) in [6, 6.07) is 36.0. The third kappa shape index (κ3) is 5.56. The molecule has 11 rings (SSSR count). The lowest BCUT2D eigenvalue weighted by Gasteiger charge is -2.47. The molecule has 0 unspecified atom stereocenters. The molecule has 7 aromatic rings. The number of para-hydroxylation sites is 1. The Morgan fingerprint density at radius 3 is 1.52 bits per heavy atom. The van der Waals surface area contributed by atoms with Crippen molar-refractivity contribution in [1.82, 2.24) is 0 Å². The third-order valence-electron chi connectivity index (χ3n) is 16.2. The summed E-state index contributed by atoms with van der Waals surface area (Å²) >= 11 is 0. The van der Waals surface area contributed by atoms with Crippen LogP contribution in [0.3, 0.4) is 0 Å². The summed E-state index contributed by atoms with van der Waals surface area (Å²) in [7, 11) is 0. The second kappa shape index (κ2) is 12.9. The quantitative estimate of drug-likeness (QED) is 0.166. The van der Waals surface area contributed by atoms with Gasteiger partial charge in [0.25, 0.3) is 6.71 Å². The molecule has 2 aliphatic heterocycles. The normalized spacial score (nSPS) is 18.7. The molecule has 3 nitrogen and oxygen atoms in total. The Hall–Kier alpha value is -5.22. The van der Waals surface area contributed by atoms with E-state index in [1.807, 2.05) is 0 Å². The molecule has 0 radical (unpaired) electrons. The van der Waals surface area contributed by atoms with Crippen molar-refractivity contribution in [3.63, 3.8) is 0 Å². The van der Waals surface area contributed by atoms with Crippen LogP contribution in [0.15, 0.2) is 95.4 Å². The third-order valence-corrected chi connectivity index (χ3v) is 16.2. The Labute approximate surface area is 370 Å². The van der Waals surface area contributed by atoms with Gasteiger partial charge in [-0.15, -0.1) is 0 Å². The second-order valence-corrected chi connectivity index (χ2v) is 22.7. The van der Waals surface area contributed by atoms with Gasteiger partial charge in [-0.1, -0.05) is 112 Å². The number of hydrogen-bond donors (Lipinski definition) is 0. The van der Waals surface area contributed by atoms with Gasteiger partial charge in [0.2, 0.25) is 0 Å². The maximum Gasteiger partial charge on any atom is 0.252 e. The van der Waals surface area contributed by atoms with Gasteiger partial charge in [0.15, 0.2) is 0 Å². The molecule has 62 heavy (non-hydrogen) atoms. The second-order valence-electron chi connectivity index (χ2n) is 22.7. The first-order chi connectivity index (χ1) is 29.3. The molecule has 0 saturated heterocycles. The minimum Gasteiger partial charge on any atom is -0.456 e. The molecular weight excluding hydrogens is 751 g/mol. The molecule has 0 spiro atoms. The average molecular weight is 815 g/mol. The molecular formula is C58H63BN2O. The zero-order chi connectivity index (χ0) is 43.6. The van der Waals surface area contributed by atoms with E-state index in [4.69, 9.17) is 4.42 Å². The van der Waals surface area contributed by atoms with Gasteiger partial charge < -0.3 is 14.2 Å². The fraction of sp³-hybridized carbons (Fsp3) is 0.379. The maximum atomic E-state index is 6.76. The minimum atomic E-state index is 0.0125. The van der Waals surface area contributed by atoms with Crippen molar-refractivity contribution < 1.29 is 4.42 Å². The van der Waals surface area contributed by atoms with Gasteiger partial charge in [0, 0.05) is 44.9 Å². The van der Waals surface area contributed by atoms with Crippen LogP contribution < -0.4 is 26.2 Å². The van der Waals surface area contributed by atoms with E-state index in [0.29, 0.717) is 5.92 Å². The Bertz CT molecular complexity index is 3060. The molecule has 6 aromatic carbocycles. The van der Waals surface area contributed by atoms with Crippen molar-refractivity contribution in [3.8, 4) is 0 Å². The molecule has 314 valence electrons. The average Bonchev–Trinajstić information content (AvgIpc) is 3.58. The highest BCUT2D eigenvalue weighted by Gasteiger charge is 2.46. The molecule has 0 atom stereocenters.